The van der Waals surface area contributed by atoms with Crippen molar-refractivity contribution in [1.82, 2.24) is 4.90 Å². The number of carboxylic acid groups (broad SMARTS) is 1. The fraction of sp³-hybridized carbons (Fsp3) is 0.778. The van der Waals surface area contributed by atoms with Crippen LogP contribution >= 0.6 is 0 Å². The van der Waals surface area contributed by atoms with Crippen molar-refractivity contribution in [2.75, 3.05) is 6.54 Å². The van der Waals surface area contributed by atoms with E-state index in [1.54, 1.807) is 11.8 Å². The Morgan fingerprint density at radius 1 is 1.64 bits per heavy atom. The Bertz CT molecular complexity index is 240. The largest absolute Gasteiger partial charge is 0.481 e. The first-order valence-electron chi connectivity index (χ1n) is 4.80. The molecule has 1 fully saturated rings. The number of hydrogen-bond acceptors (Lipinski definition) is 3. The van der Waals surface area contributed by atoms with Crippen molar-refractivity contribution in [3.63, 3.8) is 0 Å². The Morgan fingerprint density at radius 2 is 2.29 bits per heavy atom. The van der Waals surface area contributed by atoms with Crippen LogP contribution in [-0.2, 0) is 9.59 Å². The Labute approximate surface area is 82.9 Å². The summed E-state index contributed by atoms with van der Waals surface area (Å²) in [4.78, 5) is 23.7. The molecule has 1 aliphatic rings. The summed E-state index contributed by atoms with van der Waals surface area (Å²) >= 11 is 0. The zero-order chi connectivity index (χ0) is 10.7. The molecule has 0 spiro atoms. The molecule has 0 aromatic rings. The van der Waals surface area contributed by atoms with E-state index < -0.39 is 12.0 Å². The van der Waals surface area contributed by atoms with Crippen molar-refractivity contribution in [3.05, 3.63) is 0 Å². The molecule has 0 bridgehead atoms. The molecule has 1 heterocycles. The number of carbonyl (C=O) groups excluding carboxylic acids is 1. The third-order valence-electron chi connectivity index (χ3n) is 2.46. The van der Waals surface area contributed by atoms with Gasteiger partial charge in [-0.3, -0.25) is 9.59 Å². The highest BCUT2D eigenvalue weighted by Gasteiger charge is 2.31. The van der Waals surface area contributed by atoms with Crippen LogP contribution in [0.3, 0.4) is 0 Å². The van der Waals surface area contributed by atoms with Crippen molar-refractivity contribution in [1.29, 1.82) is 0 Å². The molecule has 0 aromatic heterocycles. The maximum atomic E-state index is 11.5. The van der Waals surface area contributed by atoms with Crippen LogP contribution in [0.5, 0.6) is 0 Å². The third-order valence-corrected chi connectivity index (χ3v) is 2.46. The second kappa shape index (κ2) is 4.41. The SMILES string of the molecule is C[C@H](N)C(=O)N1CCCC1CC(=O)O. The van der Waals surface area contributed by atoms with Crippen molar-refractivity contribution in [3.8, 4) is 0 Å². The smallest absolute Gasteiger partial charge is 0.305 e. The summed E-state index contributed by atoms with van der Waals surface area (Å²) in [7, 11) is 0. The van der Waals surface area contributed by atoms with Gasteiger partial charge >= 0.3 is 5.97 Å². The van der Waals surface area contributed by atoms with Gasteiger partial charge in [-0.2, -0.15) is 0 Å². The van der Waals surface area contributed by atoms with Gasteiger partial charge in [0, 0.05) is 12.6 Å². The summed E-state index contributed by atoms with van der Waals surface area (Å²) in [6.07, 6.45) is 1.67. The maximum Gasteiger partial charge on any atom is 0.305 e. The quantitative estimate of drug-likeness (QED) is 0.660. The van der Waals surface area contributed by atoms with E-state index in [1.165, 1.54) is 0 Å². The molecule has 1 amide bonds. The number of carbonyl (C=O) groups is 2. The molecule has 0 saturated carbocycles. The lowest BCUT2D eigenvalue weighted by Gasteiger charge is -2.25. The van der Waals surface area contributed by atoms with Crippen LogP contribution in [0.2, 0.25) is 0 Å². The van der Waals surface area contributed by atoms with Gasteiger partial charge in [0.05, 0.1) is 12.5 Å². The standard InChI is InChI=1S/C9H16N2O3/c1-6(10)9(14)11-4-2-3-7(11)5-8(12)13/h6-7H,2-5,10H2,1H3,(H,12,13)/t6-,7?/m0/s1. The van der Waals surface area contributed by atoms with Crippen LogP contribution in [0.4, 0.5) is 0 Å². The van der Waals surface area contributed by atoms with Gasteiger partial charge in [-0.05, 0) is 19.8 Å². The Morgan fingerprint density at radius 3 is 2.79 bits per heavy atom. The zero-order valence-electron chi connectivity index (χ0n) is 8.27. The van der Waals surface area contributed by atoms with Gasteiger partial charge in [-0.25, -0.2) is 0 Å². The van der Waals surface area contributed by atoms with Gasteiger partial charge in [0.15, 0.2) is 0 Å². The summed E-state index contributed by atoms with van der Waals surface area (Å²) < 4.78 is 0. The van der Waals surface area contributed by atoms with E-state index in [0.29, 0.717) is 6.54 Å². The highest BCUT2D eigenvalue weighted by molar-refractivity contribution is 5.82. The second-order valence-corrected chi connectivity index (χ2v) is 3.71. The molecular weight excluding hydrogens is 184 g/mol. The number of carboxylic acids is 1. The lowest BCUT2D eigenvalue weighted by molar-refractivity contribution is -0.140. The van der Waals surface area contributed by atoms with Gasteiger partial charge in [-0.1, -0.05) is 0 Å². The van der Waals surface area contributed by atoms with E-state index in [1.807, 2.05) is 0 Å². The van der Waals surface area contributed by atoms with Crippen LogP contribution in [0.25, 0.3) is 0 Å². The van der Waals surface area contributed by atoms with Gasteiger partial charge in [-0.15, -0.1) is 0 Å². The first kappa shape index (κ1) is 11.0. The van der Waals surface area contributed by atoms with Crippen molar-refractivity contribution in [2.24, 2.45) is 5.73 Å². The van der Waals surface area contributed by atoms with Crippen LogP contribution in [0.15, 0.2) is 0 Å². The molecule has 1 saturated heterocycles. The molecule has 1 unspecified atom stereocenters. The third kappa shape index (κ3) is 2.45. The van der Waals surface area contributed by atoms with Crippen LogP contribution in [0, 0.1) is 0 Å². The summed E-state index contributed by atoms with van der Waals surface area (Å²) in [5, 5.41) is 8.64. The van der Waals surface area contributed by atoms with E-state index in [9.17, 15) is 9.59 Å². The molecule has 14 heavy (non-hydrogen) atoms. The minimum absolute atomic E-state index is 0.0263. The Kier molecular flexibility index (Phi) is 3.46. The first-order chi connectivity index (χ1) is 6.52. The maximum absolute atomic E-state index is 11.5. The number of nitrogens with two attached hydrogens (primary N) is 1. The lowest BCUT2D eigenvalue weighted by Crippen LogP contribution is -2.45. The molecular formula is C9H16N2O3. The number of nitrogens with zero attached hydrogens (tertiary/aromatic N) is 1. The van der Waals surface area contributed by atoms with E-state index in [0.717, 1.165) is 12.8 Å². The second-order valence-electron chi connectivity index (χ2n) is 3.71. The number of amides is 1. The molecule has 2 atom stereocenters. The van der Waals surface area contributed by atoms with Gasteiger partial charge in [0.25, 0.3) is 0 Å². The topological polar surface area (TPSA) is 83.6 Å². The van der Waals surface area contributed by atoms with Crippen molar-refractivity contribution < 1.29 is 14.7 Å². The fourth-order valence-corrected chi connectivity index (χ4v) is 1.80. The zero-order valence-corrected chi connectivity index (χ0v) is 8.27. The normalized spacial score (nSPS) is 23.6. The number of hydrogen-bond donors (Lipinski definition) is 2. The summed E-state index contributed by atoms with van der Waals surface area (Å²) in [6, 6.07) is -0.699. The molecule has 5 nitrogen and oxygen atoms in total. The lowest BCUT2D eigenvalue weighted by atomic mass is 10.1. The van der Waals surface area contributed by atoms with Crippen molar-refractivity contribution >= 4 is 11.9 Å². The predicted octanol–water partition coefficient (Wildman–Crippen LogP) is -0.201. The molecule has 0 radical (unpaired) electrons. The van der Waals surface area contributed by atoms with Crippen molar-refractivity contribution in [2.45, 2.75) is 38.3 Å². The molecule has 80 valence electrons. The Balaban J connectivity index is 2.59. The summed E-state index contributed by atoms with van der Waals surface area (Å²) in [6.45, 7) is 2.26. The average molecular weight is 200 g/mol. The predicted molar refractivity (Wildman–Crippen MR) is 50.6 cm³/mol. The minimum Gasteiger partial charge on any atom is -0.481 e. The van der Waals surface area contributed by atoms with Gasteiger partial charge in [0.1, 0.15) is 0 Å². The molecule has 5 heteroatoms. The van der Waals surface area contributed by atoms with Crippen LogP contribution in [-0.4, -0.2) is 40.5 Å². The van der Waals surface area contributed by atoms with E-state index >= 15 is 0 Å². The minimum atomic E-state index is -0.862. The fourth-order valence-electron chi connectivity index (χ4n) is 1.80. The monoisotopic (exact) mass is 200 g/mol. The number of rotatable bonds is 3. The highest BCUT2D eigenvalue weighted by Crippen LogP contribution is 2.20. The van der Waals surface area contributed by atoms with Gasteiger partial charge < -0.3 is 15.7 Å². The molecule has 0 aliphatic carbocycles. The van der Waals surface area contributed by atoms with Crippen LogP contribution < -0.4 is 5.73 Å². The highest BCUT2D eigenvalue weighted by atomic mass is 16.4. The molecule has 3 N–H and O–H groups in total. The van der Waals surface area contributed by atoms with Crippen LogP contribution in [0.1, 0.15) is 26.2 Å². The van der Waals surface area contributed by atoms with E-state index in [4.69, 9.17) is 10.8 Å². The summed E-state index contributed by atoms with van der Waals surface area (Å²) in [5.74, 6) is -1.01. The first-order valence-corrected chi connectivity index (χ1v) is 4.80. The van der Waals surface area contributed by atoms with E-state index in [-0.39, 0.29) is 18.4 Å². The number of likely N-dealkylation sites (tertiary alicyclic amines) is 1. The van der Waals surface area contributed by atoms with E-state index in [2.05, 4.69) is 0 Å². The summed E-state index contributed by atoms with van der Waals surface area (Å²) in [5.41, 5.74) is 5.47. The molecule has 1 aliphatic heterocycles. The van der Waals surface area contributed by atoms with Gasteiger partial charge in [0.2, 0.25) is 5.91 Å². The molecule has 1 rings (SSSR count). The molecule has 0 aromatic carbocycles. The Hall–Kier alpha value is -1.10. The number of aliphatic carboxylic acids is 1. The average Bonchev–Trinajstić information content (AvgIpc) is 2.49.